The number of ether oxygens (including phenoxy) is 1. The van der Waals surface area contributed by atoms with E-state index in [4.69, 9.17) is 9.15 Å². The zero-order valence-electron chi connectivity index (χ0n) is 18.4. The lowest BCUT2D eigenvalue weighted by molar-refractivity contribution is -0.138. The van der Waals surface area contributed by atoms with Crippen molar-refractivity contribution in [2.24, 2.45) is 0 Å². The zero-order chi connectivity index (χ0) is 25.2. The quantitative estimate of drug-likeness (QED) is 0.441. The summed E-state index contributed by atoms with van der Waals surface area (Å²) in [7, 11) is 0. The summed E-state index contributed by atoms with van der Waals surface area (Å²) in [4.78, 5) is 32.5. The molecule has 12 heteroatoms. The fourth-order valence-corrected chi connectivity index (χ4v) is 3.30. The van der Waals surface area contributed by atoms with Crippen molar-refractivity contribution < 1.29 is 37.0 Å². The predicted octanol–water partition coefficient (Wildman–Crippen LogP) is 3.51. The van der Waals surface area contributed by atoms with Crippen molar-refractivity contribution in [3.63, 3.8) is 0 Å². The molecule has 4 rings (SSSR count). The summed E-state index contributed by atoms with van der Waals surface area (Å²) < 4.78 is 50.6. The van der Waals surface area contributed by atoms with Crippen LogP contribution in [0.4, 0.5) is 13.2 Å². The lowest BCUT2D eigenvalue weighted by atomic mass is 10.1. The van der Waals surface area contributed by atoms with Crippen molar-refractivity contribution in [1.29, 1.82) is 0 Å². The Kier molecular flexibility index (Phi) is 6.48. The van der Waals surface area contributed by atoms with Gasteiger partial charge in [-0.25, -0.2) is 4.98 Å². The number of alkyl halides is 3. The number of aliphatic hydroxyl groups excluding tert-OH is 1. The van der Waals surface area contributed by atoms with E-state index in [0.29, 0.717) is 18.5 Å². The molecule has 0 radical (unpaired) electrons. The van der Waals surface area contributed by atoms with Crippen LogP contribution in [-0.4, -0.2) is 32.4 Å². The van der Waals surface area contributed by atoms with Crippen LogP contribution < -0.4 is 15.4 Å². The molecule has 0 spiro atoms. The molecule has 2 amide bonds. The maximum absolute atomic E-state index is 13.4. The molecule has 3 aromatic rings. The first-order valence-corrected chi connectivity index (χ1v) is 10.6. The molecule has 0 aliphatic heterocycles. The molecular weight excluding hydrogens is 469 g/mol. The molecule has 1 unspecified atom stereocenters. The van der Waals surface area contributed by atoms with Crippen LogP contribution in [0.1, 0.15) is 53.2 Å². The van der Waals surface area contributed by atoms with Gasteiger partial charge in [0.05, 0.1) is 36.3 Å². The Morgan fingerprint density at radius 1 is 1.23 bits per heavy atom. The second kappa shape index (κ2) is 9.37. The highest BCUT2D eigenvalue weighted by atomic mass is 19.4. The minimum absolute atomic E-state index is 0.00415. The Balaban J connectivity index is 1.37. The van der Waals surface area contributed by atoms with Crippen LogP contribution in [0, 0.1) is 0 Å². The molecule has 184 valence electrons. The smallest absolute Gasteiger partial charge is 0.419 e. The van der Waals surface area contributed by atoms with Crippen molar-refractivity contribution >= 4 is 11.8 Å². The Morgan fingerprint density at radius 2 is 2.00 bits per heavy atom. The van der Waals surface area contributed by atoms with Gasteiger partial charge in [0.2, 0.25) is 11.7 Å². The van der Waals surface area contributed by atoms with E-state index in [1.54, 1.807) is 0 Å². The Bertz CT molecular complexity index is 1210. The zero-order valence-corrected chi connectivity index (χ0v) is 18.4. The SMILES string of the molecule is CC(O)c1ccc(Oc2ccc(CNC(=O)C3(NC(=O)c4cnco4)CC3)nc2)c(C(F)(F)F)c1. The number of pyridine rings is 1. The average Bonchev–Trinajstić information content (AvgIpc) is 3.38. The average molecular weight is 490 g/mol. The summed E-state index contributed by atoms with van der Waals surface area (Å²) in [5, 5.41) is 14.9. The molecule has 2 aromatic heterocycles. The topological polar surface area (TPSA) is 127 Å². The van der Waals surface area contributed by atoms with E-state index in [-0.39, 0.29) is 29.5 Å². The largest absolute Gasteiger partial charge is 0.455 e. The first-order valence-electron chi connectivity index (χ1n) is 10.6. The number of nitrogens with zero attached hydrogens (tertiary/aromatic N) is 2. The van der Waals surface area contributed by atoms with Crippen LogP contribution in [0.5, 0.6) is 11.5 Å². The third-order valence-corrected chi connectivity index (χ3v) is 5.44. The number of rotatable bonds is 8. The number of carbonyl (C=O) groups is 2. The van der Waals surface area contributed by atoms with E-state index in [2.05, 4.69) is 20.6 Å². The van der Waals surface area contributed by atoms with Crippen LogP contribution in [0.15, 0.2) is 53.5 Å². The Hall–Kier alpha value is -3.93. The summed E-state index contributed by atoms with van der Waals surface area (Å²) in [6, 6.07) is 6.25. The summed E-state index contributed by atoms with van der Waals surface area (Å²) in [5.41, 5.74) is -1.50. The first-order chi connectivity index (χ1) is 16.6. The van der Waals surface area contributed by atoms with Gasteiger partial charge in [-0.15, -0.1) is 0 Å². The van der Waals surface area contributed by atoms with Crippen molar-refractivity contribution in [3.8, 4) is 11.5 Å². The number of carbonyl (C=O) groups excluding carboxylic acids is 2. The number of amides is 2. The number of aromatic nitrogens is 2. The maximum atomic E-state index is 13.4. The molecule has 3 N–H and O–H groups in total. The molecule has 9 nitrogen and oxygen atoms in total. The number of nitrogens with one attached hydrogen (secondary N) is 2. The summed E-state index contributed by atoms with van der Waals surface area (Å²) in [5.74, 6) is -1.30. The second-order valence-corrected chi connectivity index (χ2v) is 8.10. The van der Waals surface area contributed by atoms with Gasteiger partial charge in [-0.3, -0.25) is 14.6 Å². The highest BCUT2D eigenvalue weighted by Crippen LogP contribution is 2.39. The lowest BCUT2D eigenvalue weighted by Gasteiger charge is -2.17. The van der Waals surface area contributed by atoms with Gasteiger partial charge in [0.25, 0.3) is 5.91 Å². The van der Waals surface area contributed by atoms with Gasteiger partial charge in [-0.05, 0) is 49.6 Å². The van der Waals surface area contributed by atoms with Gasteiger partial charge in [0.1, 0.15) is 17.0 Å². The standard InChI is InChI=1S/C23H21F3N4O5/c1-13(31)14-2-5-18(17(8-14)23(24,25)26)35-16-4-3-15(28-10-16)9-29-21(33)22(6-7-22)30-20(32)19-11-27-12-34-19/h2-5,8,10-13,31H,6-7,9H2,1H3,(H,29,33)(H,30,32). The monoisotopic (exact) mass is 490 g/mol. The molecule has 0 saturated heterocycles. The normalized spacial score (nSPS) is 15.2. The molecular formula is C23H21F3N4O5. The second-order valence-electron chi connectivity index (χ2n) is 8.10. The van der Waals surface area contributed by atoms with Crippen LogP contribution >= 0.6 is 0 Å². The molecule has 1 saturated carbocycles. The summed E-state index contributed by atoms with van der Waals surface area (Å²) in [6.45, 7) is 1.41. The van der Waals surface area contributed by atoms with E-state index in [9.17, 15) is 27.9 Å². The molecule has 1 aliphatic carbocycles. The van der Waals surface area contributed by atoms with Crippen molar-refractivity contribution in [2.75, 3.05) is 0 Å². The van der Waals surface area contributed by atoms with E-state index in [1.165, 1.54) is 37.5 Å². The number of hydrogen-bond donors (Lipinski definition) is 3. The van der Waals surface area contributed by atoms with Gasteiger partial charge in [0.15, 0.2) is 6.39 Å². The highest BCUT2D eigenvalue weighted by Gasteiger charge is 2.51. The number of benzene rings is 1. The third kappa shape index (κ3) is 5.60. The fraction of sp³-hybridized carbons (Fsp3) is 0.304. The lowest BCUT2D eigenvalue weighted by Crippen LogP contribution is -2.48. The predicted molar refractivity (Wildman–Crippen MR) is 114 cm³/mol. The number of halogens is 3. The van der Waals surface area contributed by atoms with Crippen LogP contribution in [-0.2, 0) is 17.5 Å². The van der Waals surface area contributed by atoms with Gasteiger partial charge >= 0.3 is 6.18 Å². The van der Waals surface area contributed by atoms with Gasteiger partial charge in [-0.1, -0.05) is 6.07 Å². The third-order valence-electron chi connectivity index (χ3n) is 5.44. The highest BCUT2D eigenvalue weighted by molar-refractivity contribution is 5.99. The van der Waals surface area contributed by atoms with Crippen molar-refractivity contribution in [2.45, 2.75) is 44.1 Å². The fourth-order valence-electron chi connectivity index (χ4n) is 3.30. The molecule has 1 atom stereocenters. The summed E-state index contributed by atoms with van der Waals surface area (Å²) >= 11 is 0. The van der Waals surface area contributed by atoms with E-state index < -0.39 is 35.0 Å². The van der Waals surface area contributed by atoms with Crippen molar-refractivity contribution in [3.05, 3.63) is 71.7 Å². The molecule has 0 bridgehead atoms. The minimum atomic E-state index is -4.68. The van der Waals surface area contributed by atoms with Gasteiger partial charge < -0.3 is 24.9 Å². The van der Waals surface area contributed by atoms with E-state index in [0.717, 1.165) is 18.5 Å². The molecule has 1 aliphatic rings. The maximum Gasteiger partial charge on any atom is 0.419 e. The molecule has 35 heavy (non-hydrogen) atoms. The van der Waals surface area contributed by atoms with Crippen molar-refractivity contribution in [1.82, 2.24) is 20.6 Å². The van der Waals surface area contributed by atoms with E-state index in [1.807, 2.05) is 0 Å². The van der Waals surface area contributed by atoms with Gasteiger partial charge in [-0.2, -0.15) is 13.2 Å². The van der Waals surface area contributed by atoms with Crippen LogP contribution in [0.25, 0.3) is 0 Å². The molecule has 1 fully saturated rings. The minimum Gasteiger partial charge on any atom is -0.455 e. The number of hydrogen-bond acceptors (Lipinski definition) is 7. The first kappa shape index (κ1) is 24.2. The number of oxazole rings is 1. The van der Waals surface area contributed by atoms with E-state index >= 15 is 0 Å². The Morgan fingerprint density at radius 3 is 2.57 bits per heavy atom. The van der Waals surface area contributed by atoms with Crippen LogP contribution in [0.3, 0.4) is 0 Å². The molecule has 2 heterocycles. The van der Waals surface area contributed by atoms with Gasteiger partial charge in [0, 0.05) is 0 Å². The summed E-state index contributed by atoms with van der Waals surface area (Å²) in [6.07, 6.45) is -1.21. The molecule has 1 aromatic carbocycles. The Labute approximate surface area is 197 Å². The van der Waals surface area contributed by atoms with Crippen LogP contribution in [0.2, 0.25) is 0 Å². The number of aliphatic hydroxyl groups is 1.